The van der Waals surface area contributed by atoms with Crippen LogP contribution in [-0.4, -0.2) is 118 Å². The van der Waals surface area contributed by atoms with Crippen LogP contribution in [0.25, 0.3) is 0 Å². The molecule has 0 spiro atoms. The second kappa shape index (κ2) is 18.0. The molecule has 0 aliphatic rings. The van der Waals surface area contributed by atoms with Gasteiger partial charge in [-0.15, -0.1) is 0 Å². The number of hydrogen-bond donors (Lipinski definition) is 4. The third kappa shape index (κ3) is 13.1. The fourth-order valence-electron chi connectivity index (χ4n) is 4.05. The topological polar surface area (TPSA) is 168 Å². The van der Waals surface area contributed by atoms with Crippen molar-refractivity contribution in [2.24, 2.45) is 11.8 Å². The number of carboxylic acids is 1. The molecule has 230 valence electrons. The molecule has 0 aromatic heterocycles. The van der Waals surface area contributed by atoms with Gasteiger partial charge in [0, 0.05) is 38.2 Å². The molecule has 1 atom stereocenters. The molecule has 0 heterocycles. The molecule has 0 unspecified atom stereocenters. The third-order valence-electron chi connectivity index (χ3n) is 6.01. The molecule has 1 aromatic carbocycles. The largest absolute Gasteiger partial charge is 0.480 e. The highest BCUT2D eigenvalue weighted by Crippen LogP contribution is 2.11. The molecule has 0 saturated heterocycles. The number of halogens is 1. The van der Waals surface area contributed by atoms with Crippen LogP contribution in [0.15, 0.2) is 24.3 Å². The Hall–Kier alpha value is -3.58. The zero-order valence-electron chi connectivity index (χ0n) is 24.2. The van der Waals surface area contributed by atoms with Crippen LogP contribution in [0.5, 0.6) is 0 Å². The van der Waals surface area contributed by atoms with E-state index in [-0.39, 0.29) is 56.4 Å². The van der Waals surface area contributed by atoms with Crippen LogP contribution in [-0.2, 0) is 19.2 Å². The Labute approximate surface area is 240 Å². The molecular formula is C28H43FN4O8. The predicted molar refractivity (Wildman–Crippen MR) is 148 cm³/mol. The second-order valence-electron chi connectivity index (χ2n) is 10.6. The van der Waals surface area contributed by atoms with Crippen molar-refractivity contribution in [3.63, 3.8) is 0 Å². The highest BCUT2D eigenvalue weighted by Gasteiger charge is 2.27. The van der Waals surface area contributed by atoms with Crippen molar-refractivity contribution in [3.8, 4) is 0 Å². The van der Waals surface area contributed by atoms with Crippen LogP contribution in [0.2, 0.25) is 0 Å². The van der Waals surface area contributed by atoms with Gasteiger partial charge in [-0.1, -0.05) is 27.7 Å². The van der Waals surface area contributed by atoms with E-state index in [4.69, 9.17) is 0 Å². The minimum atomic E-state index is -1.17. The maximum absolute atomic E-state index is 13.3. The maximum atomic E-state index is 13.3. The van der Waals surface area contributed by atoms with Gasteiger partial charge in [-0.05, 0) is 42.5 Å². The highest BCUT2D eigenvalue weighted by atomic mass is 19.1. The number of amides is 4. The summed E-state index contributed by atoms with van der Waals surface area (Å²) in [5, 5.41) is 30.7. The lowest BCUT2D eigenvalue weighted by Gasteiger charge is -2.30. The van der Waals surface area contributed by atoms with Crippen LogP contribution in [0.4, 0.5) is 4.39 Å². The van der Waals surface area contributed by atoms with E-state index in [9.17, 15) is 43.7 Å². The minimum Gasteiger partial charge on any atom is -0.480 e. The molecule has 4 amide bonds. The Bertz CT molecular complexity index is 1020. The summed E-state index contributed by atoms with van der Waals surface area (Å²) in [5.41, 5.74) is 0.190. The van der Waals surface area contributed by atoms with Gasteiger partial charge in [-0.25, -0.2) is 9.18 Å². The second-order valence-corrected chi connectivity index (χ2v) is 10.6. The number of aliphatic hydroxyl groups is 2. The zero-order valence-corrected chi connectivity index (χ0v) is 24.2. The summed E-state index contributed by atoms with van der Waals surface area (Å²) in [6, 6.07) is 3.83. The van der Waals surface area contributed by atoms with E-state index in [0.29, 0.717) is 0 Å². The number of benzene rings is 1. The summed E-state index contributed by atoms with van der Waals surface area (Å²) in [4.78, 5) is 66.7. The molecule has 1 aromatic rings. The number of carbonyl (C=O) groups excluding carboxylic acids is 4. The van der Waals surface area contributed by atoms with Gasteiger partial charge < -0.3 is 35.3 Å². The first-order valence-corrected chi connectivity index (χ1v) is 13.6. The summed E-state index contributed by atoms with van der Waals surface area (Å²) in [7, 11) is 0. The Morgan fingerprint density at radius 3 is 1.85 bits per heavy atom. The van der Waals surface area contributed by atoms with Gasteiger partial charge in [0.2, 0.25) is 17.7 Å². The average Bonchev–Trinajstić information content (AvgIpc) is 2.89. The maximum Gasteiger partial charge on any atom is 0.326 e. The molecule has 12 nitrogen and oxygen atoms in total. The van der Waals surface area contributed by atoms with E-state index in [0.717, 1.165) is 17.0 Å². The van der Waals surface area contributed by atoms with Gasteiger partial charge in [0.15, 0.2) is 0 Å². The summed E-state index contributed by atoms with van der Waals surface area (Å²) in [5.74, 6) is -3.95. The first kappa shape index (κ1) is 35.4. The molecule has 0 saturated carbocycles. The number of hydrogen-bond acceptors (Lipinski definition) is 7. The lowest BCUT2D eigenvalue weighted by atomic mass is 10.0. The Balaban J connectivity index is 2.93. The van der Waals surface area contributed by atoms with Gasteiger partial charge >= 0.3 is 5.97 Å². The number of carboxylic acid groups (broad SMARTS) is 1. The molecule has 13 heteroatoms. The van der Waals surface area contributed by atoms with Gasteiger partial charge in [-0.3, -0.25) is 19.2 Å². The monoisotopic (exact) mass is 582 g/mol. The van der Waals surface area contributed by atoms with Gasteiger partial charge in [-0.2, -0.15) is 0 Å². The fourth-order valence-corrected chi connectivity index (χ4v) is 4.05. The normalized spacial score (nSPS) is 11.7. The lowest BCUT2D eigenvalue weighted by Crippen LogP contribution is -2.50. The van der Waals surface area contributed by atoms with Crippen LogP contribution in [0.1, 0.15) is 50.9 Å². The number of carbonyl (C=O) groups is 5. The molecule has 4 N–H and O–H groups in total. The lowest BCUT2D eigenvalue weighted by molar-refractivity contribution is -0.143. The van der Waals surface area contributed by atoms with E-state index in [2.05, 4.69) is 5.32 Å². The van der Waals surface area contributed by atoms with Crippen LogP contribution < -0.4 is 5.32 Å². The number of rotatable bonds is 18. The molecule has 0 aliphatic heterocycles. The van der Waals surface area contributed by atoms with Crippen molar-refractivity contribution in [1.82, 2.24) is 20.0 Å². The number of aliphatic carboxylic acids is 1. The molecule has 0 bridgehead atoms. The molecule has 1 rings (SSSR count). The van der Waals surface area contributed by atoms with Gasteiger partial charge in [0.1, 0.15) is 18.4 Å². The number of nitrogens with one attached hydrogen (secondary N) is 1. The third-order valence-corrected chi connectivity index (χ3v) is 6.01. The average molecular weight is 583 g/mol. The fraction of sp³-hybridized carbons (Fsp3) is 0.607. The van der Waals surface area contributed by atoms with Crippen molar-refractivity contribution in [3.05, 3.63) is 35.6 Å². The van der Waals surface area contributed by atoms with Crippen molar-refractivity contribution in [1.29, 1.82) is 0 Å². The summed E-state index contributed by atoms with van der Waals surface area (Å²) in [6.45, 7) is 5.36. The van der Waals surface area contributed by atoms with E-state index in [1.165, 1.54) is 21.9 Å². The van der Waals surface area contributed by atoms with Crippen molar-refractivity contribution in [2.75, 3.05) is 52.5 Å². The molecular weight excluding hydrogens is 539 g/mol. The first-order chi connectivity index (χ1) is 19.3. The van der Waals surface area contributed by atoms with E-state index < -0.39 is 67.8 Å². The minimum absolute atomic E-state index is 0.00687. The van der Waals surface area contributed by atoms with Crippen LogP contribution in [0, 0.1) is 17.7 Å². The van der Waals surface area contributed by atoms with Crippen molar-refractivity contribution >= 4 is 29.6 Å². The Kier molecular flexibility index (Phi) is 15.5. The van der Waals surface area contributed by atoms with Crippen molar-refractivity contribution < 1.29 is 43.7 Å². The summed E-state index contributed by atoms with van der Waals surface area (Å²) < 4.78 is 13.3. The zero-order chi connectivity index (χ0) is 31.1. The smallest absolute Gasteiger partial charge is 0.326 e. The standard InChI is InChI=1S/C28H43FN4O8/c1-19(2)15-23(28(40)41)30-24(36)9-10-31(11-13-34)25(37)17-32(12-14-35)26(38)18-33(16-20(3)4)27(39)21-5-7-22(29)8-6-21/h5-8,19-20,23,34-35H,9-18H2,1-4H3,(H,30,36)(H,40,41)/t23-/m0/s1. The van der Waals surface area contributed by atoms with E-state index in [1.54, 1.807) is 0 Å². The predicted octanol–water partition coefficient (Wildman–Crippen LogP) is 0.571. The number of nitrogens with zero attached hydrogens (tertiary/aromatic N) is 3. The van der Waals surface area contributed by atoms with Gasteiger partial charge in [0.25, 0.3) is 5.91 Å². The molecule has 0 aliphatic carbocycles. The molecule has 41 heavy (non-hydrogen) atoms. The van der Waals surface area contributed by atoms with Crippen LogP contribution >= 0.6 is 0 Å². The number of aliphatic hydroxyl groups excluding tert-OH is 2. The Morgan fingerprint density at radius 2 is 1.34 bits per heavy atom. The molecule has 0 fully saturated rings. The summed E-state index contributed by atoms with van der Waals surface area (Å²) >= 11 is 0. The van der Waals surface area contributed by atoms with Crippen LogP contribution in [0.3, 0.4) is 0 Å². The van der Waals surface area contributed by atoms with Crippen molar-refractivity contribution in [2.45, 2.75) is 46.6 Å². The van der Waals surface area contributed by atoms with Gasteiger partial charge in [0.05, 0.1) is 19.8 Å². The van der Waals surface area contributed by atoms with E-state index in [1.807, 2.05) is 27.7 Å². The highest BCUT2D eigenvalue weighted by molar-refractivity contribution is 5.97. The van der Waals surface area contributed by atoms with E-state index >= 15 is 0 Å². The Morgan fingerprint density at radius 1 is 0.805 bits per heavy atom. The molecule has 0 radical (unpaired) electrons. The quantitative estimate of drug-likeness (QED) is 0.195. The summed E-state index contributed by atoms with van der Waals surface area (Å²) in [6.07, 6.45) is 0.00593. The first-order valence-electron chi connectivity index (χ1n) is 13.6. The SMILES string of the molecule is CC(C)C[C@H](NC(=O)CCN(CCO)C(=O)CN(CCO)C(=O)CN(CC(C)C)C(=O)c1ccc(F)cc1)C(=O)O.